The first-order valence-electron chi connectivity index (χ1n) is 5.55. The van der Waals surface area contributed by atoms with Gasteiger partial charge in [0.05, 0.1) is 6.54 Å². The zero-order valence-electron chi connectivity index (χ0n) is 9.78. The summed E-state index contributed by atoms with van der Waals surface area (Å²) in [6.07, 6.45) is -5.07. The number of aliphatic hydroxyl groups is 1. The van der Waals surface area contributed by atoms with E-state index in [1.54, 1.807) is 0 Å². The standard InChI is InChI=1S/C11H12F3NO4/c12-11(13,14)10(18)3-4-15(6-10)5-7-1-2-8(19-7)9(16)17/h1-2,18H,3-6H2,(H,16,17). The van der Waals surface area contributed by atoms with Gasteiger partial charge in [0, 0.05) is 13.1 Å². The molecule has 1 saturated heterocycles. The minimum absolute atomic E-state index is 0.0334. The Kier molecular flexibility index (Phi) is 3.31. The molecule has 1 unspecified atom stereocenters. The van der Waals surface area contributed by atoms with Crippen LogP contribution in [0.4, 0.5) is 13.2 Å². The molecule has 2 heterocycles. The molecule has 0 radical (unpaired) electrons. The minimum atomic E-state index is -4.67. The van der Waals surface area contributed by atoms with E-state index in [4.69, 9.17) is 9.52 Å². The third-order valence-corrected chi connectivity index (χ3v) is 3.11. The molecule has 0 aromatic carbocycles. The zero-order chi connectivity index (χ0) is 14.3. The highest BCUT2D eigenvalue weighted by Crippen LogP contribution is 2.38. The molecular weight excluding hydrogens is 267 g/mol. The summed E-state index contributed by atoms with van der Waals surface area (Å²) in [6, 6.07) is 2.64. The minimum Gasteiger partial charge on any atom is -0.475 e. The summed E-state index contributed by atoms with van der Waals surface area (Å²) in [7, 11) is 0. The van der Waals surface area contributed by atoms with Crippen molar-refractivity contribution in [1.82, 2.24) is 4.90 Å². The number of nitrogens with zero attached hydrogens (tertiary/aromatic N) is 1. The number of alkyl halides is 3. The Morgan fingerprint density at radius 2 is 2.16 bits per heavy atom. The number of aromatic carboxylic acids is 1. The molecule has 1 fully saturated rings. The lowest BCUT2D eigenvalue weighted by Gasteiger charge is -2.25. The summed E-state index contributed by atoms with van der Waals surface area (Å²) in [5.41, 5.74) is -2.70. The van der Waals surface area contributed by atoms with Crippen LogP contribution in [0, 0.1) is 0 Å². The first-order chi connectivity index (χ1) is 8.71. The van der Waals surface area contributed by atoms with Gasteiger partial charge >= 0.3 is 12.1 Å². The molecule has 19 heavy (non-hydrogen) atoms. The highest BCUT2D eigenvalue weighted by Gasteiger charge is 2.56. The van der Waals surface area contributed by atoms with Crippen molar-refractivity contribution in [3.05, 3.63) is 23.7 Å². The smallest absolute Gasteiger partial charge is 0.418 e. The van der Waals surface area contributed by atoms with Crippen molar-refractivity contribution in [2.75, 3.05) is 13.1 Å². The molecule has 2 N–H and O–H groups in total. The molecular formula is C11H12F3NO4. The van der Waals surface area contributed by atoms with Crippen LogP contribution >= 0.6 is 0 Å². The van der Waals surface area contributed by atoms with Crippen LogP contribution in [0.2, 0.25) is 0 Å². The van der Waals surface area contributed by atoms with Gasteiger partial charge in [-0.3, -0.25) is 4.90 Å². The third kappa shape index (κ3) is 2.74. The molecule has 8 heteroatoms. The van der Waals surface area contributed by atoms with E-state index in [0.717, 1.165) is 0 Å². The molecule has 0 aliphatic carbocycles. The van der Waals surface area contributed by atoms with Gasteiger partial charge in [0.25, 0.3) is 0 Å². The largest absolute Gasteiger partial charge is 0.475 e. The Labute approximate surface area is 106 Å². The Hall–Kier alpha value is -1.54. The number of carbonyl (C=O) groups is 1. The Morgan fingerprint density at radius 3 is 2.63 bits per heavy atom. The Bertz CT molecular complexity index is 485. The van der Waals surface area contributed by atoms with E-state index in [-0.39, 0.29) is 24.6 Å². The predicted molar refractivity (Wildman–Crippen MR) is 56.6 cm³/mol. The van der Waals surface area contributed by atoms with Crippen molar-refractivity contribution >= 4 is 5.97 Å². The molecule has 0 amide bonds. The van der Waals surface area contributed by atoms with E-state index >= 15 is 0 Å². The number of carboxylic acid groups (broad SMARTS) is 1. The average molecular weight is 279 g/mol. The molecule has 106 valence electrons. The fraction of sp³-hybridized carbons (Fsp3) is 0.545. The highest BCUT2D eigenvalue weighted by molar-refractivity contribution is 5.84. The number of halogens is 3. The summed E-state index contributed by atoms with van der Waals surface area (Å²) in [5.74, 6) is -1.25. The van der Waals surface area contributed by atoms with Crippen LogP contribution in [0.3, 0.4) is 0 Å². The lowest BCUT2D eigenvalue weighted by molar-refractivity contribution is -0.254. The number of hydrogen-bond acceptors (Lipinski definition) is 4. The van der Waals surface area contributed by atoms with Crippen LogP contribution in [-0.2, 0) is 6.54 Å². The third-order valence-electron chi connectivity index (χ3n) is 3.11. The maximum atomic E-state index is 12.6. The quantitative estimate of drug-likeness (QED) is 0.876. The molecule has 1 aromatic heterocycles. The summed E-state index contributed by atoms with van der Waals surface area (Å²) >= 11 is 0. The monoisotopic (exact) mass is 279 g/mol. The molecule has 1 aliphatic heterocycles. The number of β-amino-alcohol motifs (C(OH)–C–C–N with tert-alkyl or cyclic N) is 1. The van der Waals surface area contributed by atoms with Gasteiger partial charge in [0.15, 0.2) is 5.60 Å². The first kappa shape index (κ1) is 13.9. The summed E-state index contributed by atoms with van der Waals surface area (Å²) < 4.78 is 42.7. The van der Waals surface area contributed by atoms with Crippen LogP contribution in [0.1, 0.15) is 22.7 Å². The van der Waals surface area contributed by atoms with Crippen LogP contribution in [-0.4, -0.2) is 45.9 Å². The number of furan rings is 1. The van der Waals surface area contributed by atoms with Gasteiger partial charge < -0.3 is 14.6 Å². The highest BCUT2D eigenvalue weighted by atomic mass is 19.4. The van der Waals surface area contributed by atoms with Gasteiger partial charge in [0.2, 0.25) is 5.76 Å². The molecule has 1 atom stereocenters. The van der Waals surface area contributed by atoms with Gasteiger partial charge in [-0.05, 0) is 18.6 Å². The Balaban J connectivity index is 2.00. The number of hydrogen-bond donors (Lipinski definition) is 2. The number of likely N-dealkylation sites (tertiary alicyclic amines) is 1. The maximum absolute atomic E-state index is 12.6. The molecule has 1 aromatic rings. The molecule has 2 rings (SSSR count). The average Bonchev–Trinajstić information content (AvgIpc) is 2.86. The lowest BCUT2D eigenvalue weighted by atomic mass is 10.0. The second kappa shape index (κ2) is 4.53. The Morgan fingerprint density at radius 1 is 1.47 bits per heavy atom. The normalized spacial score (nSPS) is 24.8. The van der Waals surface area contributed by atoms with Crippen molar-refractivity contribution in [2.24, 2.45) is 0 Å². The van der Waals surface area contributed by atoms with Crippen molar-refractivity contribution in [3.8, 4) is 0 Å². The zero-order valence-corrected chi connectivity index (χ0v) is 9.78. The SMILES string of the molecule is O=C(O)c1ccc(CN2CCC(O)(C(F)(F)F)C2)o1. The van der Waals surface area contributed by atoms with Gasteiger partial charge in [-0.1, -0.05) is 0 Å². The van der Waals surface area contributed by atoms with E-state index in [1.165, 1.54) is 17.0 Å². The van der Waals surface area contributed by atoms with Gasteiger partial charge in [0.1, 0.15) is 5.76 Å². The van der Waals surface area contributed by atoms with Crippen molar-refractivity contribution in [2.45, 2.75) is 24.7 Å². The maximum Gasteiger partial charge on any atom is 0.418 e. The van der Waals surface area contributed by atoms with Crippen molar-refractivity contribution in [1.29, 1.82) is 0 Å². The van der Waals surface area contributed by atoms with Gasteiger partial charge in [-0.15, -0.1) is 0 Å². The fourth-order valence-electron chi connectivity index (χ4n) is 2.04. The molecule has 0 saturated carbocycles. The van der Waals surface area contributed by atoms with E-state index in [2.05, 4.69) is 0 Å². The summed E-state index contributed by atoms with van der Waals surface area (Å²) in [5, 5.41) is 18.1. The van der Waals surface area contributed by atoms with E-state index < -0.39 is 30.7 Å². The van der Waals surface area contributed by atoms with Gasteiger partial charge in [-0.25, -0.2) is 4.79 Å². The molecule has 0 spiro atoms. The van der Waals surface area contributed by atoms with E-state index in [9.17, 15) is 23.1 Å². The van der Waals surface area contributed by atoms with Crippen LogP contribution in [0.15, 0.2) is 16.5 Å². The fourth-order valence-corrected chi connectivity index (χ4v) is 2.04. The lowest BCUT2D eigenvalue weighted by Crippen LogP contribution is -2.47. The molecule has 1 aliphatic rings. The van der Waals surface area contributed by atoms with E-state index in [1.807, 2.05) is 0 Å². The number of carboxylic acids is 1. The second-order valence-corrected chi connectivity index (χ2v) is 4.56. The van der Waals surface area contributed by atoms with Crippen LogP contribution in [0.5, 0.6) is 0 Å². The second-order valence-electron chi connectivity index (χ2n) is 4.56. The topological polar surface area (TPSA) is 73.9 Å². The summed E-state index contributed by atoms with van der Waals surface area (Å²) in [4.78, 5) is 12.0. The molecule has 0 bridgehead atoms. The summed E-state index contributed by atoms with van der Waals surface area (Å²) in [6.45, 7) is -0.440. The van der Waals surface area contributed by atoms with E-state index in [0.29, 0.717) is 0 Å². The van der Waals surface area contributed by atoms with Crippen molar-refractivity contribution < 1.29 is 32.6 Å². The van der Waals surface area contributed by atoms with Crippen LogP contribution < -0.4 is 0 Å². The van der Waals surface area contributed by atoms with Crippen molar-refractivity contribution in [3.63, 3.8) is 0 Å². The van der Waals surface area contributed by atoms with Gasteiger partial charge in [-0.2, -0.15) is 13.2 Å². The first-order valence-corrected chi connectivity index (χ1v) is 5.55. The van der Waals surface area contributed by atoms with Crippen LogP contribution in [0.25, 0.3) is 0 Å². The predicted octanol–water partition coefficient (Wildman–Crippen LogP) is 1.48. The number of rotatable bonds is 3. The molecule has 5 nitrogen and oxygen atoms in total.